The number of hydrogen-bond donors (Lipinski definition) is 0. The smallest absolute Gasteiger partial charge is 0.387 e. The topological polar surface area (TPSA) is 61.2 Å². The van der Waals surface area contributed by atoms with Crippen molar-refractivity contribution in [2.45, 2.75) is 38.1 Å². The summed E-state index contributed by atoms with van der Waals surface area (Å²) >= 11 is 1.19. The van der Waals surface area contributed by atoms with E-state index in [1.54, 1.807) is 22.8 Å². The number of rotatable bonds is 8. The average molecular weight is 418 g/mol. The largest absolute Gasteiger partial charge is 0.435 e. The second-order valence-electron chi connectivity index (χ2n) is 6.46. The van der Waals surface area contributed by atoms with Gasteiger partial charge in [-0.25, -0.2) is 4.98 Å². The highest BCUT2D eigenvalue weighted by atomic mass is 32.2. The summed E-state index contributed by atoms with van der Waals surface area (Å²) in [6, 6.07) is 12.6. The lowest BCUT2D eigenvalue weighted by molar-refractivity contribution is -0.0498. The molecule has 0 spiro atoms. The third kappa shape index (κ3) is 4.82. The number of alkyl halides is 2. The van der Waals surface area contributed by atoms with E-state index in [1.807, 2.05) is 19.9 Å². The predicted molar refractivity (Wildman–Crippen MR) is 109 cm³/mol. The van der Waals surface area contributed by atoms with Gasteiger partial charge in [0.15, 0.2) is 10.9 Å². The summed E-state index contributed by atoms with van der Waals surface area (Å²) in [6.07, 6.45) is 0.743. The maximum Gasteiger partial charge on any atom is 0.387 e. The number of carbonyl (C=O) groups is 1. The normalized spacial score (nSPS) is 12.3. The Balaban J connectivity index is 1.84. The molecule has 0 aliphatic heterocycles. The van der Waals surface area contributed by atoms with E-state index in [0.717, 1.165) is 6.42 Å². The summed E-state index contributed by atoms with van der Waals surface area (Å²) < 4.78 is 30.4. The van der Waals surface area contributed by atoms with Crippen molar-refractivity contribution in [2.24, 2.45) is 0 Å². The van der Waals surface area contributed by atoms with Crippen molar-refractivity contribution in [3.63, 3.8) is 0 Å². The molecule has 1 heterocycles. The van der Waals surface area contributed by atoms with Crippen molar-refractivity contribution >= 4 is 28.4 Å². The van der Waals surface area contributed by atoms with Crippen LogP contribution in [-0.2, 0) is 0 Å². The molecule has 3 aromatic rings. The van der Waals surface area contributed by atoms with Crippen LogP contribution in [-0.4, -0.2) is 27.7 Å². The number of hydrogen-bond acceptors (Lipinski definition) is 5. The van der Waals surface area contributed by atoms with Crippen molar-refractivity contribution in [3.05, 3.63) is 64.4 Å². The van der Waals surface area contributed by atoms with Gasteiger partial charge in [0, 0.05) is 11.6 Å². The highest BCUT2D eigenvalue weighted by molar-refractivity contribution is 7.99. The zero-order valence-electron chi connectivity index (χ0n) is 16.0. The van der Waals surface area contributed by atoms with Crippen molar-refractivity contribution in [2.75, 3.05) is 5.75 Å². The molecule has 0 aliphatic carbocycles. The molecule has 0 fully saturated rings. The first kappa shape index (κ1) is 21.0. The first-order valence-electron chi connectivity index (χ1n) is 9.12. The molecule has 5 nitrogen and oxygen atoms in total. The lowest BCUT2D eigenvalue weighted by Gasteiger charge is -2.18. The number of benzene rings is 2. The standard InChI is InChI=1S/C21H20F2N2O3S/c1-3-13(2)25-19(27)16-6-4-5-7-17(16)24-21(25)29-12-18(26)14-8-10-15(11-9-14)28-20(22)23/h4-11,13,20H,3,12H2,1-2H3/t13-/m1/s1. The minimum atomic E-state index is -2.91. The van der Waals surface area contributed by atoms with Gasteiger partial charge in [0.2, 0.25) is 0 Å². The van der Waals surface area contributed by atoms with Gasteiger partial charge in [0.05, 0.1) is 16.7 Å². The minimum Gasteiger partial charge on any atom is -0.435 e. The molecule has 0 radical (unpaired) electrons. The maximum atomic E-state index is 12.9. The molecule has 1 aromatic heterocycles. The zero-order valence-corrected chi connectivity index (χ0v) is 16.8. The van der Waals surface area contributed by atoms with Crippen molar-refractivity contribution in [1.29, 1.82) is 0 Å². The quantitative estimate of drug-likeness (QED) is 0.294. The number of ether oxygens (including phenoxy) is 1. The number of nitrogens with zero attached hydrogens (tertiary/aromatic N) is 2. The molecule has 2 aromatic carbocycles. The number of fused-ring (bicyclic) bond motifs is 1. The van der Waals surface area contributed by atoms with E-state index in [2.05, 4.69) is 9.72 Å². The van der Waals surface area contributed by atoms with Gasteiger partial charge in [0.25, 0.3) is 5.56 Å². The van der Waals surface area contributed by atoms with E-state index < -0.39 is 6.61 Å². The molecule has 0 saturated heterocycles. The molecule has 29 heavy (non-hydrogen) atoms. The number of ketones is 1. The molecule has 0 amide bonds. The Kier molecular flexibility index (Phi) is 6.64. The van der Waals surface area contributed by atoms with Crippen molar-refractivity contribution in [1.82, 2.24) is 9.55 Å². The molecule has 0 bridgehead atoms. The predicted octanol–water partition coefficient (Wildman–Crippen LogP) is 4.94. The fourth-order valence-corrected chi connectivity index (χ4v) is 3.83. The molecular formula is C21H20F2N2O3S. The van der Waals surface area contributed by atoms with E-state index in [0.29, 0.717) is 21.6 Å². The lowest BCUT2D eigenvalue weighted by atomic mass is 10.1. The van der Waals surface area contributed by atoms with Crippen molar-refractivity contribution < 1.29 is 18.3 Å². The van der Waals surface area contributed by atoms with E-state index in [1.165, 1.54) is 36.0 Å². The average Bonchev–Trinajstić information content (AvgIpc) is 2.71. The Hall–Kier alpha value is -2.74. The fraction of sp³-hybridized carbons (Fsp3) is 0.286. The van der Waals surface area contributed by atoms with Gasteiger partial charge in [-0.15, -0.1) is 0 Å². The van der Waals surface area contributed by atoms with Gasteiger partial charge in [0.1, 0.15) is 5.75 Å². The van der Waals surface area contributed by atoms with Crippen LogP contribution in [0.1, 0.15) is 36.7 Å². The van der Waals surface area contributed by atoms with Crippen LogP contribution in [0.5, 0.6) is 5.75 Å². The Morgan fingerprint density at radius 3 is 2.52 bits per heavy atom. The molecular weight excluding hydrogens is 398 g/mol. The molecule has 152 valence electrons. The highest BCUT2D eigenvalue weighted by Crippen LogP contribution is 2.24. The molecule has 0 aliphatic rings. The number of Topliss-reactive ketones (excluding diaryl/α,β-unsaturated/α-hetero) is 1. The number of carbonyl (C=O) groups excluding carboxylic acids is 1. The first-order valence-corrected chi connectivity index (χ1v) is 10.1. The summed E-state index contributed by atoms with van der Waals surface area (Å²) in [5, 5.41) is 1.02. The minimum absolute atomic E-state index is 0.00833. The Morgan fingerprint density at radius 1 is 1.17 bits per heavy atom. The molecule has 1 atom stereocenters. The maximum absolute atomic E-state index is 12.9. The van der Waals surface area contributed by atoms with E-state index in [4.69, 9.17) is 0 Å². The number of halogens is 2. The summed E-state index contributed by atoms with van der Waals surface area (Å²) in [5.74, 6) is -0.140. The van der Waals surface area contributed by atoms with Crippen LogP contribution in [0.25, 0.3) is 10.9 Å². The second kappa shape index (κ2) is 9.17. The second-order valence-corrected chi connectivity index (χ2v) is 7.40. The van der Waals surface area contributed by atoms with Crippen molar-refractivity contribution in [3.8, 4) is 5.75 Å². The Morgan fingerprint density at radius 2 is 1.86 bits per heavy atom. The molecule has 0 unspecified atom stereocenters. The van der Waals surface area contributed by atoms with Crippen LogP contribution in [0, 0.1) is 0 Å². The van der Waals surface area contributed by atoms with Crippen LogP contribution >= 0.6 is 11.8 Å². The molecule has 8 heteroatoms. The lowest BCUT2D eigenvalue weighted by Crippen LogP contribution is -2.26. The Labute approximate surface area is 170 Å². The summed E-state index contributed by atoms with van der Waals surface area (Å²) in [7, 11) is 0. The summed E-state index contributed by atoms with van der Waals surface area (Å²) in [5.41, 5.74) is 0.825. The van der Waals surface area contributed by atoms with Crippen LogP contribution in [0.2, 0.25) is 0 Å². The van der Waals surface area contributed by atoms with Gasteiger partial charge < -0.3 is 4.74 Å². The molecule has 3 rings (SSSR count). The first-order chi connectivity index (χ1) is 13.9. The molecule has 0 N–H and O–H groups in total. The van der Waals surface area contributed by atoms with Gasteiger partial charge >= 0.3 is 6.61 Å². The van der Waals surface area contributed by atoms with Crippen LogP contribution in [0.15, 0.2) is 58.5 Å². The number of para-hydroxylation sites is 1. The fourth-order valence-electron chi connectivity index (χ4n) is 2.83. The van der Waals surface area contributed by atoms with E-state index in [-0.39, 0.29) is 28.9 Å². The highest BCUT2D eigenvalue weighted by Gasteiger charge is 2.17. The van der Waals surface area contributed by atoms with Gasteiger partial charge in [-0.1, -0.05) is 30.8 Å². The Bertz CT molecular complexity index is 1070. The van der Waals surface area contributed by atoms with Gasteiger partial charge in [-0.05, 0) is 49.7 Å². The van der Waals surface area contributed by atoms with Gasteiger partial charge in [-0.2, -0.15) is 8.78 Å². The number of aromatic nitrogens is 2. The SMILES string of the molecule is CC[C@@H](C)n1c(SCC(=O)c2ccc(OC(F)F)cc2)nc2ccccc2c1=O. The van der Waals surface area contributed by atoms with E-state index >= 15 is 0 Å². The van der Waals surface area contributed by atoms with Crippen LogP contribution in [0.3, 0.4) is 0 Å². The third-order valence-electron chi connectivity index (χ3n) is 4.54. The third-order valence-corrected chi connectivity index (χ3v) is 5.49. The van der Waals surface area contributed by atoms with Gasteiger partial charge in [-0.3, -0.25) is 14.2 Å². The van der Waals surface area contributed by atoms with Crippen LogP contribution in [0.4, 0.5) is 8.78 Å². The summed E-state index contributed by atoms with van der Waals surface area (Å²) in [4.78, 5) is 30.1. The van der Waals surface area contributed by atoms with Crippen LogP contribution < -0.4 is 10.3 Å². The molecule has 0 saturated carbocycles. The monoisotopic (exact) mass is 418 g/mol. The zero-order chi connectivity index (χ0) is 21.0. The number of thioether (sulfide) groups is 1. The summed E-state index contributed by atoms with van der Waals surface area (Å²) in [6.45, 7) is 1.00. The van der Waals surface area contributed by atoms with E-state index in [9.17, 15) is 18.4 Å².